The SMILES string of the molecule is COCCN(CC1(COC)CCNCC1)C(C)COC. The third-order valence-corrected chi connectivity index (χ3v) is 4.27. The van der Waals surface area contributed by atoms with Crippen molar-refractivity contribution in [1.82, 2.24) is 10.2 Å². The van der Waals surface area contributed by atoms with Crippen molar-refractivity contribution in [2.75, 3.05) is 67.3 Å². The lowest BCUT2D eigenvalue weighted by Gasteiger charge is -2.42. The molecule has 1 fully saturated rings. The fourth-order valence-electron chi connectivity index (χ4n) is 3.05. The van der Waals surface area contributed by atoms with Gasteiger partial charge in [0.15, 0.2) is 0 Å². The Balaban J connectivity index is 2.66. The Kier molecular flexibility index (Phi) is 8.64. The quantitative estimate of drug-likeness (QED) is 0.649. The minimum Gasteiger partial charge on any atom is -0.384 e. The zero-order valence-electron chi connectivity index (χ0n) is 13.6. The number of nitrogens with zero attached hydrogens (tertiary/aromatic N) is 1. The lowest BCUT2D eigenvalue weighted by Crippen LogP contribution is -2.51. The van der Waals surface area contributed by atoms with Gasteiger partial charge in [0, 0.05) is 45.9 Å². The average molecular weight is 288 g/mol. The molecule has 0 aromatic carbocycles. The van der Waals surface area contributed by atoms with Crippen LogP contribution < -0.4 is 5.32 Å². The van der Waals surface area contributed by atoms with Gasteiger partial charge in [-0.15, -0.1) is 0 Å². The van der Waals surface area contributed by atoms with Gasteiger partial charge >= 0.3 is 0 Å². The second-order valence-electron chi connectivity index (χ2n) is 5.95. The van der Waals surface area contributed by atoms with E-state index in [4.69, 9.17) is 14.2 Å². The van der Waals surface area contributed by atoms with Crippen LogP contribution in [0.1, 0.15) is 19.8 Å². The molecule has 1 atom stereocenters. The predicted molar refractivity (Wildman–Crippen MR) is 81.2 cm³/mol. The van der Waals surface area contributed by atoms with E-state index >= 15 is 0 Å². The molecule has 1 aliphatic rings. The van der Waals surface area contributed by atoms with E-state index in [0.29, 0.717) is 6.04 Å². The fraction of sp³-hybridized carbons (Fsp3) is 1.00. The molecule has 0 aromatic heterocycles. The van der Waals surface area contributed by atoms with Crippen LogP contribution in [-0.4, -0.2) is 78.3 Å². The first-order valence-corrected chi connectivity index (χ1v) is 7.59. The smallest absolute Gasteiger partial charge is 0.0615 e. The summed E-state index contributed by atoms with van der Waals surface area (Å²) in [6.07, 6.45) is 2.34. The van der Waals surface area contributed by atoms with Crippen LogP contribution in [0.2, 0.25) is 0 Å². The van der Waals surface area contributed by atoms with Gasteiger partial charge in [-0.25, -0.2) is 0 Å². The summed E-state index contributed by atoms with van der Waals surface area (Å²) in [5.74, 6) is 0. The lowest BCUT2D eigenvalue weighted by atomic mass is 9.79. The zero-order valence-corrected chi connectivity index (χ0v) is 13.6. The topological polar surface area (TPSA) is 43.0 Å². The number of hydrogen-bond donors (Lipinski definition) is 1. The first-order chi connectivity index (χ1) is 9.67. The maximum Gasteiger partial charge on any atom is 0.0615 e. The molecule has 1 aliphatic heterocycles. The molecular formula is C15H32N2O3. The molecule has 5 heteroatoms. The Labute approximate surface area is 123 Å². The molecule has 1 rings (SSSR count). The first kappa shape index (κ1) is 17.9. The summed E-state index contributed by atoms with van der Waals surface area (Å²) >= 11 is 0. The van der Waals surface area contributed by atoms with E-state index in [0.717, 1.165) is 46.0 Å². The Morgan fingerprint density at radius 3 is 2.35 bits per heavy atom. The van der Waals surface area contributed by atoms with Crippen molar-refractivity contribution >= 4 is 0 Å². The number of methoxy groups -OCH3 is 3. The van der Waals surface area contributed by atoms with E-state index in [9.17, 15) is 0 Å². The summed E-state index contributed by atoms with van der Waals surface area (Å²) in [5.41, 5.74) is 0.260. The van der Waals surface area contributed by atoms with Gasteiger partial charge in [-0.2, -0.15) is 0 Å². The minimum absolute atomic E-state index is 0.260. The molecular weight excluding hydrogens is 256 g/mol. The molecule has 0 bridgehead atoms. The number of nitrogens with one attached hydrogen (secondary N) is 1. The summed E-state index contributed by atoms with van der Waals surface area (Å²) in [6, 6.07) is 0.402. The van der Waals surface area contributed by atoms with Crippen molar-refractivity contribution in [1.29, 1.82) is 0 Å². The average Bonchev–Trinajstić information content (AvgIpc) is 2.45. The van der Waals surface area contributed by atoms with Crippen molar-refractivity contribution in [3.63, 3.8) is 0 Å². The second kappa shape index (κ2) is 9.68. The molecule has 0 radical (unpaired) electrons. The van der Waals surface area contributed by atoms with Gasteiger partial charge in [0.25, 0.3) is 0 Å². The van der Waals surface area contributed by atoms with Gasteiger partial charge in [0.05, 0.1) is 19.8 Å². The third kappa shape index (κ3) is 5.66. The normalized spacial score (nSPS) is 20.2. The van der Waals surface area contributed by atoms with Crippen LogP contribution in [0, 0.1) is 5.41 Å². The molecule has 1 unspecified atom stereocenters. The Hall–Kier alpha value is -0.200. The third-order valence-electron chi connectivity index (χ3n) is 4.27. The Morgan fingerprint density at radius 2 is 1.80 bits per heavy atom. The fourth-order valence-corrected chi connectivity index (χ4v) is 3.05. The van der Waals surface area contributed by atoms with E-state index in [1.54, 1.807) is 14.2 Å². The van der Waals surface area contributed by atoms with Crippen molar-refractivity contribution in [2.24, 2.45) is 5.41 Å². The number of piperidine rings is 1. The van der Waals surface area contributed by atoms with Crippen LogP contribution in [0.25, 0.3) is 0 Å². The van der Waals surface area contributed by atoms with Crippen LogP contribution in [0.15, 0.2) is 0 Å². The summed E-state index contributed by atoms with van der Waals surface area (Å²) < 4.78 is 16.1. The van der Waals surface area contributed by atoms with Crippen LogP contribution in [0.5, 0.6) is 0 Å². The molecule has 0 amide bonds. The summed E-state index contributed by atoms with van der Waals surface area (Å²) in [6.45, 7) is 8.73. The van der Waals surface area contributed by atoms with E-state index in [-0.39, 0.29) is 5.41 Å². The number of ether oxygens (including phenoxy) is 3. The molecule has 0 saturated carbocycles. The summed E-state index contributed by atoms with van der Waals surface area (Å²) in [4.78, 5) is 2.48. The molecule has 0 spiro atoms. The highest BCUT2D eigenvalue weighted by atomic mass is 16.5. The van der Waals surface area contributed by atoms with E-state index in [2.05, 4.69) is 17.1 Å². The van der Waals surface area contributed by atoms with Gasteiger partial charge in [-0.1, -0.05) is 0 Å². The maximum atomic E-state index is 5.51. The van der Waals surface area contributed by atoms with Crippen molar-refractivity contribution in [3.8, 4) is 0 Å². The minimum atomic E-state index is 0.260. The monoisotopic (exact) mass is 288 g/mol. The van der Waals surface area contributed by atoms with E-state index in [1.807, 2.05) is 7.11 Å². The molecule has 120 valence electrons. The zero-order chi connectivity index (χ0) is 14.8. The predicted octanol–water partition coefficient (Wildman–Crippen LogP) is 0.986. The molecule has 1 saturated heterocycles. The molecule has 1 N–H and O–H groups in total. The maximum absolute atomic E-state index is 5.51. The Morgan fingerprint density at radius 1 is 1.10 bits per heavy atom. The van der Waals surface area contributed by atoms with Crippen LogP contribution in [0.4, 0.5) is 0 Å². The van der Waals surface area contributed by atoms with Gasteiger partial charge in [-0.05, 0) is 32.9 Å². The van der Waals surface area contributed by atoms with Gasteiger partial charge in [-0.3, -0.25) is 4.90 Å². The molecule has 20 heavy (non-hydrogen) atoms. The highest BCUT2D eigenvalue weighted by Crippen LogP contribution is 2.31. The molecule has 0 aliphatic carbocycles. The lowest BCUT2D eigenvalue weighted by molar-refractivity contribution is -0.00703. The van der Waals surface area contributed by atoms with Gasteiger partial charge in [0.1, 0.15) is 0 Å². The summed E-state index contributed by atoms with van der Waals surface area (Å²) in [5, 5.41) is 3.45. The Bertz CT molecular complexity index is 240. The van der Waals surface area contributed by atoms with Crippen LogP contribution in [-0.2, 0) is 14.2 Å². The first-order valence-electron chi connectivity index (χ1n) is 7.59. The number of rotatable bonds is 10. The molecule has 1 heterocycles. The second-order valence-corrected chi connectivity index (χ2v) is 5.95. The van der Waals surface area contributed by atoms with E-state index < -0.39 is 0 Å². The standard InChI is InChI=1S/C15H32N2O3/c1-14(11-19-3)17(9-10-18-2)12-15(13-20-4)5-7-16-8-6-15/h14,16H,5-13H2,1-4H3. The largest absolute Gasteiger partial charge is 0.384 e. The van der Waals surface area contributed by atoms with Crippen LogP contribution >= 0.6 is 0 Å². The van der Waals surface area contributed by atoms with Crippen molar-refractivity contribution in [3.05, 3.63) is 0 Å². The van der Waals surface area contributed by atoms with Crippen molar-refractivity contribution < 1.29 is 14.2 Å². The number of hydrogen-bond acceptors (Lipinski definition) is 5. The highest BCUT2D eigenvalue weighted by molar-refractivity contribution is 4.88. The van der Waals surface area contributed by atoms with Gasteiger partial charge in [0.2, 0.25) is 0 Å². The van der Waals surface area contributed by atoms with Crippen LogP contribution in [0.3, 0.4) is 0 Å². The van der Waals surface area contributed by atoms with E-state index in [1.165, 1.54) is 12.8 Å². The summed E-state index contributed by atoms with van der Waals surface area (Å²) in [7, 11) is 5.33. The molecule has 0 aromatic rings. The van der Waals surface area contributed by atoms with Gasteiger partial charge < -0.3 is 19.5 Å². The van der Waals surface area contributed by atoms with Crippen molar-refractivity contribution in [2.45, 2.75) is 25.8 Å². The molecule has 5 nitrogen and oxygen atoms in total. The highest BCUT2D eigenvalue weighted by Gasteiger charge is 2.35.